The van der Waals surface area contributed by atoms with E-state index in [1.807, 2.05) is 20.8 Å². The van der Waals surface area contributed by atoms with Gasteiger partial charge in [-0.1, -0.05) is 11.6 Å². The largest absolute Gasteiger partial charge is 0.489 e. The number of nitrogens with one attached hydrogen (secondary N) is 2. The van der Waals surface area contributed by atoms with Crippen molar-refractivity contribution in [1.82, 2.24) is 19.9 Å². The number of aromatic nitrogens is 3. The molecule has 2 aromatic heterocycles. The molecule has 1 saturated carbocycles. The Hall–Kier alpha value is -3.04. The Kier molecular flexibility index (Phi) is 7.10. The molecule has 0 bridgehead atoms. The summed E-state index contributed by atoms with van der Waals surface area (Å²) in [6.45, 7) is 5.69. The third-order valence-electron chi connectivity index (χ3n) is 5.98. The summed E-state index contributed by atoms with van der Waals surface area (Å²) in [4.78, 5) is 26.2. The molecule has 10 heteroatoms. The van der Waals surface area contributed by atoms with E-state index in [1.165, 1.54) is 4.90 Å². The number of amides is 1. The Bertz CT molecular complexity index is 1210. The van der Waals surface area contributed by atoms with Crippen molar-refractivity contribution in [3.05, 3.63) is 35.0 Å². The molecule has 1 fully saturated rings. The number of carbonyl (C=O) groups is 1. The number of benzene rings is 1. The number of rotatable bonds is 7. The van der Waals surface area contributed by atoms with Gasteiger partial charge in [0.2, 0.25) is 11.8 Å². The zero-order chi connectivity index (χ0) is 25.3. The molecule has 35 heavy (non-hydrogen) atoms. The maximum atomic E-state index is 12.5. The number of hydrogen-bond acceptors (Lipinski definition) is 7. The molecule has 0 saturated heterocycles. The maximum absolute atomic E-state index is 12.5. The van der Waals surface area contributed by atoms with Crippen molar-refractivity contribution < 1.29 is 19.4 Å². The molecule has 0 atom stereocenters. The Morgan fingerprint density at radius 2 is 2.00 bits per heavy atom. The molecule has 0 radical (unpaired) electrons. The van der Waals surface area contributed by atoms with Crippen LogP contribution in [0.15, 0.2) is 24.4 Å². The van der Waals surface area contributed by atoms with Gasteiger partial charge in [-0.05, 0) is 64.7 Å². The van der Waals surface area contributed by atoms with E-state index in [0.29, 0.717) is 57.7 Å². The van der Waals surface area contributed by atoms with Gasteiger partial charge in [0.05, 0.1) is 27.8 Å². The van der Waals surface area contributed by atoms with E-state index in [-0.39, 0.29) is 18.1 Å². The van der Waals surface area contributed by atoms with Crippen LogP contribution in [0.5, 0.6) is 11.6 Å². The first kappa shape index (κ1) is 25.1. The number of hydrogen-bond donors (Lipinski definition) is 3. The Morgan fingerprint density at radius 1 is 1.29 bits per heavy atom. The quantitative estimate of drug-likeness (QED) is 0.421. The van der Waals surface area contributed by atoms with E-state index in [9.17, 15) is 9.90 Å². The highest BCUT2D eigenvalue weighted by Crippen LogP contribution is 2.36. The molecule has 3 aromatic rings. The van der Waals surface area contributed by atoms with Gasteiger partial charge >= 0.3 is 0 Å². The molecule has 4 rings (SSSR count). The number of H-pyrrole nitrogens is 1. The fourth-order valence-electron chi connectivity index (χ4n) is 4.08. The second-order valence-electron chi connectivity index (χ2n) is 9.73. The monoisotopic (exact) mass is 501 g/mol. The Balaban J connectivity index is 1.66. The topological polar surface area (TPSA) is 113 Å². The first-order valence-corrected chi connectivity index (χ1v) is 12.1. The van der Waals surface area contributed by atoms with Gasteiger partial charge in [-0.2, -0.15) is 9.97 Å². The molecule has 0 spiro atoms. The van der Waals surface area contributed by atoms with Crippen LogP contribution in [-0.4, -0.2) is 62.8 Å². The predicted molar refractivity (Wildman–Crippen MR) is 136 cm³/mol. The average molecular weight is 502 g/mol. The average Bonchev–Trinajstić information content (AvgIpc) is 3.16. The second kappa shape index (κ2) is 9.91. The fraction of sp³-hybridized carbons (Fsp3) is 0.480. The van der Waals surface area contributed by atoms with Crippen LogP contribution >= 0.6 is 11.6 Å². The van der Waals surface area contributed by atoms with Crippen molar-refractivity contribution in [3.8, 4) is 11.6 Å². The van der Waals surface area contributed by atoms with Crippen LogP contribution < -0.4 is 14.8 Å². The van der Waals surface area contributed by atoms with Crippen molar-refractivity contribution in [2.45, 2.75) is 64.3 Å². The lowest BCUT2D eigenvalue weighted by Crippen LogP contribution is -2.35. The minimum absolute atomic E-state index is 0.0803. The van der Waals surface area contributed by atoms with Gasteiger partial charge in [0.1, 0.15) is 17.5 Å². The van der Waals surface area contributed by atoms with Gasteiger partial charge in [-0.25, -0.2) is 0 Å². The Morgan fingerprint density at radius 3 is 2.66 bits per heavy atom. The smallest absolute Gasteiger partial charge is 0.253 e. The summed E-state index contributed by atoms with van der Waals surface area (Å²) in [7, 11) is 3.41. The number of ether oxygens (including phenoxy) is 2. The molecule has 1 aliphatic rings. The number of carbonyl (C=O) groups excluding carboxylic acids is 1. The van der Waals surface area contributed by atoms with Crippen LogP contribution in [0.2, 0.25) is 5.02 Å². The van der Waals surface area contributed by atoms with Crippen molar-refractivity contribution in [3.63, 3.8) is 0 Å². The van der Waals surface area contributed by atoms with E-state index in [4.69, 9.17) is 21.1 Å². The highest BCUT2D eigenvalue weighted by atomic mass is 35.5. The summed E-state index contributed by atoms with van der Waals surface area (Å²) in [6, 6.07) is 5.21. The molecule has 9 nitrogen and oxygen atoms in total. The van der Waals surface area contributed by atoms with E-state index in [2.05, 4.69) is 20.3 Å². The number of nitrogens with zero attached hydrogens (tertiary/aromatic N) is 3. The molecule has 1 amide bonds. The minimum Gasteiger partial charge on any atom is -0.489 e. The first-order valence-electron chi connectivity index (χ1n) is 11.8. The van der Waals surface area contributed by atoms with Crippen LogP contribution in [-0.2, 0) is 0 Å². The summed E-state index contributed by atoms with van der Waals surface area (Å²) >= 11 is 6.40. The van der Waals surface area contributed by atoms with Gasteiger partial charge in [0.15, 0.2) is 0 Å². The molecule has 0 aliphatic heterocycles. The standard InChI is InChI=1S/C25H32ClN5O4/c1-14(2)34-19-12-15(23(32)31(4)5)6-7-18(19)28-24-29-21-20(17(26)13-27-21)22(30-24)35-16-8-10-25(3,33)11-9-16/h6-7,12-14,16,33H,8-11H2,1-5H3,(H2,27,28,29,30). The molecular formula is C25H32ClN5O4. The summed E-state index contributed by atoms with van der Waals surface area (Å²) in [5.41, 5.74) is 1.01. The van der Waals surface area contributed by atoms with E-state index in [0.717, 1.165) is 12.8 Å². The van der Waals surface area contributed by atoms with E-state index in [1.54, 1.807) is 38.5 Å². The number of anilines is 2. The summed E-state index contributed by atoms with van der Waals surface area (Å²) in [6.07, 6.45) is 4.22. The van der Waals surface area contributed by atoms with Crippen LogP contribution in [0.25, 0.3) is 11.0 Å². The second-order valence-corrected chi connectivity index (χ2v) is 10.1. The zero-order valence-corrected chi connectivity index (χ0v) is 21.4. The molecular weight excluding hydrogens is 470 g/mol. The number of aliphatic hydroxyl groups is 1. The third-order valence-corrected chi connectivity index (χ3v) is 6.28. The number of fused-ring (bicyclic) bond motifs is 1. The lowest BCUT2D eigenvalue weighted by molar-refractivity contribution is -0.0114. The van der Waals surface area contributed by atoms with Crippen LogP contribution in [0.3, 0.4) is 0 Å². The fourth-order valence-corrected chi connectivity index (χ4v) is 4.31. The summed E-state index contributed by atoms with van der Waals surface area (Å²) in [5, 5.41) is 14.6. The van der Waals surface area contributed by atoms with Gasteiger partial charge in [-0.15, -0.1) is 0 Å². The van der Waals surface area contributed by atoms with E-state index < -0.39 is 5.60 Å². The van der Waals surface area contributed by atoms with E-state index >= 15 is 0 Å². The van der Waals surface area contributed by atoms with Gasteiger partial charge < -0.3 is 29.8 Å². The minimum atomic E-state index is -0.660. The normalized spacial score (nSPS) is 20.2. The van der Waals surface area contributed by atoms with Gasteiger partial charge in [-0.3, -0.25) is 4.79 Å². The Labute approximate surface area is 209 Å². The predicted octanol–water partition coefficient (Wildman–Crippen LogP) is 4.92. The number of halogens is 1. The van der Waals surface area contributed by atoms with Crippen LogP contribution in [0.1, 0.15) is 56.8 Å². The molecule has 0 unspecified atom stereocenters. The summed E-state index contributed by atoms with van der Waals surface area (Å²) < 4.78 is 12.2. The molecule has 1 aromatic carbocycles. The zero-order valence-electron chi connectivity index (χ0n) is 20.7. The van der Waals surface area contributed by atoms with Crippen LogP contribution in [0.4, 0.5) is 11.6 Å². The van der Waals surface area contributed by atoms with Gasteiger partial charge in [0, 0.05) is 25.9 Å². The highest BCUT2D eigenvalue weighted by Gasteiger charge is 2.30. The maximum Gasteiger partial charge on any atom is 0.253 e. The molecule has 1 aliphatic carbocycles. The SMILES string of the molecule is CC(C)Oc1cc(C(=O)N(C)C)ccc1Nc1nc(OC2CCC(C)(O)CC2)c2c(Cl)c[nH]c2n1. The number of aromatic amines is 1. The van der Waals surface area contributed by atoms with Crippen molar-refractivity contribution in [2.24, 2.45) is 0 Å². The highest BCUT2D eigenvalue weighted by molar-refractivity contribution is 6.35. The molecule has 2 heterocycles. The van der Waals surface area contributed by atoms with Crippen molar-refractivity contribution in [2.75, 3.05) is 19.4 Å². The molecule has 188 valence electrons. The molecule has 3 N–H and O–H groups in total. The lowest BCUT2D eigenvalue weighted by Gasteiger charge is -2.33. The summed E-state index contributed by atoms with van der Waals surface area (Å²) in [5.74, 6) is 1.07. The third kappa shape index (κ3) is 5.79. The first-order chi connectivity index (χ1) is 16.5. The van der Waals surface area contributed by atoms with Gasteiger partial charge in [0.25, 0.3) is 5.91 Å². The van der Waals surface area contributed by atoms with Crippen molar-refractivity contribution in [1.29, 1.82) is 0 Å². The lowest BCUT2D eigenvalue weighted by atomic mass is 9.85. The van der Waals surface area contributed by atoms with Crippen molar-refractivity contribution >= 4 is 40.2 Å². The van der Waals surface area contributed by atoms with Crippen LogP contribution in [0, 0.1) is 0 Å².